The molecule has 0 bridgehead atoms. The standard InChI is InChI=1S/C14H23N/c1-11-7-6-8-13(9-11)10-12(2)15-14(3,4)5/h6-9,12,15H,10H2,1-5H3. The van der Waals surface area contributed by atoms with Crippen LogP contribution in [0.15, 0.2) is 24.3 Å². The van der Waals surface area contributed by atoms with Crippen LogP contribution in [0.3, 0.4) is 0 Å². The zero-order chi connectivity index (χ0) is 11.5. The molecule has 84 valence electrons. The quantitative estimate of drug-likeness (QED) is 0.798. The molecule has 0 fully saturated rings. The van der Waals surface area contributed by atoms with Crippen molar-refractivity contribution in [2.45, 2.75) is 52.6 Å². The zero-order valence-electron chi connectivity index (χ0n) is 10.6. The van der Waals surface area contributed by atoms with Gasteiger partial charge in [-0.25, -0.2) is 0 Å². The molecule has 1 aromatic carbocycles. The maximum Gasteiger partial charge on any atom is 0.00991 e. The first-order valence-corrected chi connectivity index (χ1v) is 5.70. The average Bonchev–Trinajstić information content (AvgIpc) is 1.99. The summed E-state index contributed by atoms with van der Waals surface area (Å²) in [6, 6.07) is 9.26. The van der Waals surface area contributed by atoms with Crippen molar-refractivity contribution in [3.63, 3.8) is 0 Å². The molecule has 1 heteroatoms. The molecule has 0 aliphatic carbocycles. The van der Waals surface area contributed by atoms with Gasteiger partial charge in [-0.05, 0) is 46.6 Å². The minimum atomic E-state index is 0.198. The van der Waals surface area contributed by atoms with Crippen molar-refractivity contribution in [3.8, 4) is 0 Å². The van der Waals surface area contributed by atoms with Crippen LogP contribution in [0, 0.1) is 6.92 Å². The summed E-state index contributed by atoms with van der Waals surface area (Å²) in [5.41, 5.74) is 2.96. The molecule has 0 saturated carbocycles. The largest absolute Gasteiger partial charge is 0.309 e. The molecule has 0 amide bonds. The van der Waals surface area contributed by atoms with Crippen LogP contribution in [0.1, 0.15) is 38.8 Å². The van der Waals surface area contributed by atoms with Gasteiger partial charge in [-0.15, -0.1) is 0 Å². The number of aryl methyl sites for hydroxylation is 1. The molecule has 15 heavy (non-hydrogen) atoms. The summed E-state index contributed by atoms with van der Waals surface area (Å²) in [6.07, 6.45) is 1.10. The average molecular weight is 205 g/mol. The predicted molar refractivity (Wildman–Crippen MR) is 67.2 cm³/mol. The lowest BCUT2D eigenvalue weighted by atomic mass is 10.0. The number of nitrogens with one attached hydrogen (secondary N) is 1. The maximum atomic E-state index is 3.59. The fourth-order valence-electron chi connectivity index (χ4n) is 1.98. The molecule has 1 rings (SSSR count). The molecule has 0 aliphatic rings. The molecule has 0 heterocycles. The van der Waals surface area contributed by atoms with E-state index in [-0.39, 0.29) is 5.54 Å². The highest BCUT2D eigenvalue weighted by molar-refractivity contribution is 5.22. The highest BCUT2D eigenvalue weighted by Gasteiger charge is 2.13. The topological polar surface area (TPSA) is 12.0 Å². The van der Waals surface area contributed by atoms with Crippen molar-refractivity contribution in [3.05, 3.63) is 35.4 Å². The summed E-state index contributed by atoms with van der Waals surface area (Å²) in [6.45, 7) is 11.0. The van der Waals surface area contributed by atoms with Gasteiger partial charge < -0.3 is 5.32 Å². The lowest BCUT2D eigenvalue weighted by Gasteiger charge is -2.26. The molecular weight excluding hydrogens is 182 g/mol. The van der Waals surface area contributed by atoms with Crippen LogP contribution in [-0.2, 0) is 6.42 Å². The molecule has 0 radical (unpaired) electrons. The van der Waals surface area contributed by atoms with Crippen molar-refractivity contribution in [1.29, 1.82) is 0 Å². The molecule has 0 aromatic heterocycles. The Morgan fingerprint density at radius 1 is 1.27 bits per heavy atom. The summed E-state index contributed by atoms with van der Waals surface area (Å²) in [7, 11) is 0. The Morgan fingerprint density at radius 3 is 2.47 bits per heavy atom. The number of rotatable bonds is 3. The van der Waals surface area contributed by atoms with Crippen LogP contribution in [0.5, 0.6) is 0 Å². The Morgan fingerprint density at radius 2 is 1.93 bits per heavy atom. The van der Waals surface area contributed by atoms with Gasteiger partial charge in [-0.3, -0.25) is 0 Å². The summed E-state index contributed by atoms with van der Waals surface area (Å²) in [5.74, 6) is 0. The van der Waals surface area contributed by atoms with Crippen molar-refractivity contribution >= 4 is 0 Å². The molecule has 0 saturated heterocycles. The van der Waals surface area contributed by atoms with Crippen molar-refractivity contribution in [2.75, 3.05) is 0 Å². The monoisotopic (exact) mass is 205 g/mol. The normalized spacial score (nSPS) is 13.9. The second kappa shape index (κ2) is 4.80. The van der Waals surface area contributed by atoms with Gasteiger partial charge in [0.2, 0.25) is 0 Å². The van der Waals surface area contributed by atoms with Crippen molar-refractivity contribution in [2.24, 2.45) is 0 Å². The predicted octanol–water partition coefficient (Wildman–Crippen LogP) is 3.31. The number of benzene rings is 1. The summed E-state index contributed by atoms with van der Waals surface area (Å²) in [4.78, 5) is 0. The van der Waals surface area contributed by atoms with Crippen LogP contribution in [-0.4, -0.2) is 11.6 Å². The maximum absolute atomic E-state index is 3.59. The zero-order valence-corrected chi connectivity index (χ0v) is 10.6. The Bertz CT molecular complexity index is 309. The Kier molecular flexibility index (Phi) is 3.92. The third kappa shape index (κ3) is 4.98. The number of hydrogen-bond acceptors (Lipinski definition) is 1. The smallest absolute Gasteiger partial charge is 0.00991 e. The van der Waals surface area contributed by atoms with Crippen LogP contribution in [0.2, 0.25) is 0 Å². The Balaban J connectivity index is 2.55. The van der Waals surface area contributed by atoms with E-state index in [4.69, 9.17) is 0 Å². The van der Waals surface area contributed by atoms with Gasteiger partial charge in [0.15, 0.2) is 0 Å². The van der Waals surface area contributed by atoms with Gasteiger partial charge >= 0.3 is 0 Å². The summed E-state index contributed by atoms with van der Waals surface area (Å²) in [5, 5.41) is 3.59. The minimum absolute atomic E-state index is 0.198. The van der Waals surface area contributed by atoms with E-state index in [1.165, 1.54) is 11.1 Å². The molecule has 1 aromatic rings. The first-order valence-electron chi connectivity index (χ1n) is 5.70. The lowest BCUT2D eigenvalue weighted by Crippen LogP contribution is -2.43. The van der Waals surface area contributed by atoms with E-state index in [1.807, 2.05) is 0 Å². The van der Waals surface area contributed by atoms with E-state index < -0.39 is 0 Å². The number of hydrogen-bond donors (Lipinski definition) is 1. The molecule has 1 nitrogen and oxygen atoms in total. The minimum Gasteiger partial charge on any atom is -0.309 e. The van der Waals surface area contributed by atoms with E-state index in [9.17, 15) is 0 Å². The van der Waals surface area contributed by atoms with E-state index in [2.05, 4.69) is 64.2 Å². The molecule has 1 unspecified atom stereocenters. The Labute approximate surface area is 93.9 Å². The van der Waals surface area contributed by atoms with Gasteiger partial charge in [0, 0.05) is 11.6 Å². The second-order valence-electron chi connectivity index (χ2n) is 5.49. The highest BCUT2D eigenvalue weighted by Crippen LogP contribution is 2.09. The van der Waals surface area contributed by atoms with Crippen LogP contribution >= 0.6 is 0 Å². The fourth-order valence-corrected chi connectivity index (χ4v) is 1.98. The lowest BCUT2D eigenvalue weighted by molar-refractivity contribution is 0.371. The van der Waals surface area contributed by atoms with E-state index in [0.717, 1.165) is 6.42 Å². The fraction of sp³-hybridized carbons (Fsp3) is 0.571. The second-order valence-corrected chi connectivity index (χ2v) is 5.49. The third-order valence-electron chi connectivity index (χ3n) is 2.30. The SMILES string of the molecule is Cc1cccc(CC(C)NC(C)(C)C)c1. The van der Waals surface area contributed by atoms with Gasteiger partial charge in [0.1, 0.15) is 0 Å². The third-order valence-corrected chi connectivity index (χ3v) is 2.30. The van der Waals surface area contributed by atoms with Gasteiger partial charge in [-0.2, -0.15) is 0 Å². The molecule has 1 N–H and O–H groups in total. The van der Waals surface area contributed by atoms with Crippen LogP contribution in [0.4, 0.5) is 0 Å². The molecule has 1 atom stereocenters. The van der Waals surface area contributed by atoms with E-state index in [1.54, 1.807) is 0 Å². The van der Waals surface area contributed by atoms with E-state index >= 15 is 0 Å². The van der Waals surface area contributed by atoms with E-state index in [0.29, 0.717) is 6.04 Å². The van der Waals surface area contributed by atoms with Crippen LogP contribution < -0.4 is 5.32 Å². The van der Waals surface area contributed by atoms with Crippen molar-refractivity contribution < 1.29 is 0 Å². The van der Waals surface area contributed by atoms with Crippen molar-refractivity contribution in [1.82, 2.24) is 5.32 Å². The van der Waals surface area contributed by atoms with Gasteiger partial charge in [0.05, 0.1) is 0 Å². The first-order chi connectivity index (χ1) is 6.87. The molecule has 0 spiro atoms. The van der Waals surface area contributed by atoms with Gasteiger partial charge in [-0.1, -0.05) is 29.8 Å². The first kappa shape index (κ1) is 12.3. The van der Waals surface area contributed by atoms with Crippen LogP contribution in [0.25, 0.3) is 0 Å². The summed E-state index contributed by atoms with van der Waals surface area (Å²) >= 11 is 0. The van der Waals surface area contributed by atoms with Gasteiger partial charge in [0.25, 0.3) is 0 Å². The molecule has 0 aliphatic heterocycles. The Hall–Kier alpha value is -0.820. The summed E-state index contributed by atoms with van der Waals surface area (Å²) < 4.78 is 0. The highest BCUT2D eigenvalue weighted by atomic mass is 15.0. The molecular formula is C14H23N.